The molecule has 0 heterocycles. The molecule has 6 heteroatoms. The van der Waals surface area contributed by atoms with Gasteiger partial charge in [0, 0.05) is 6.92 Å². The number of ether oxygens (including phenoxy) is 2. The van der Waals surface area contributed by atoms with E-state index in [0.717, 1.165) is 5.56 Å². The predicted octanol–water partition coefficient (Wildman–Crippen LogP) is 2.52. The summed E-state index contributed by atoms with van der Waals surface area (Å²) in [6.07, 6.45) is 0. The molecule has 0 unspecified atom stereocenters. The zero-order valence-electron chi connectivity index (χ0n) is 12.3. The number of nitrogens with zero attached hydrogens (tertiary/aromatic N) is 2. The minimum atomic E-state index is -0.594. The maximum absolute atomic E-state index is 10.8. The Morgan fingerprint density at radius 3 is 2.24 bits per heavy atom. The summed E-state index contributed by atoms with van der Waals surface area (Å²) in [5.74, 6) is 0.0653. The highest BCUT2D eigenvalue weighted by atomic mass is 16.7. The molecule has 0 atom stereocenters. The second kappa shape index (κ2) is 7.70. The van der Waals surface area contributed by atoms with E-state index in [0.29, 0.717) is 11.3 Å². The largest absolute Gasteiger partial charge is 0.497 e. The summed E-state index contributed by atoms with van der Waals surface area (Å²) in [4.78, 5) is 15.3. The van der Waals surface area contributed by atoms with Gasteiger partial charge < -0.3 is 14.3 Å². The summed E-state index contributed by atoms with van der Waals surface area (Å²) in [6, 6.07) is 9.19. The molecule has 0 aliphatic rings. The van der Waals surface area contributed by atoms with Crippen molar-refractivity contribution >= 4 is 17.4 Å². The monoisotopic (exact) mass is 288 g/mol. The van der Waals surface area contributed by atoms with E-state index in [4.69, 9.17) is 9.47 Å². The second-order valence-electron chi connectivity index (χ2n) is 4.02. The normalized spacial score (nSPS) is 12.0. The number of methoxy groups -OCH3 is 2. The number of carbonyl (C=O) groups excluding carboxylic acids is 1. The van der Waals surface area contributed by atoms with Crippen LogP contribution in [0, 0.1) is 11.3 Å². The molecule has 0 N–H and O–H groups in total. The summed E-state index contributed by atoms with van der Waals surface area (Å²) >= 11 is 0. The van der Waals surface area contributed by atoms with Crippen molar-refractivity contribution in [3.63, 3.8) is 0 Å². The van der Waals surface area contributed by atoms with Gasteiger partial charge in [-0.15, -0.1) is 0 Å². The Morgan fingerprint density at radius 2 is 1.81 bits per heavy atom. The van der Waals surface area contributed by atoms with E-state index in [2.05, 4.69) is 9.99 Å². The van der Waals surface area contributed by atoms with E-state index >= 15 is 0 Å². The van der Waals surface area contributed by atoms with Gasteiger partial charge in [-0.05, 0) is 35.3 Å². The first-order valence-electron chi connectivity index (χ1n) is 6.08. The molecule has 0 aliphatic carbocycles. The van der Waals surface area contributed by atoms with Crippen LogP contribution in [-0.2, 0) is 14.4 Å². The van der Waals surface area contributed by atoms with Crippen LogP contribution in [0.4, 0.5) is 0 Å². The van der Waals surface area contributed by atoms with Gasteiger partial charge in [0.05, 0.1) is 14.2 Å². The summed E-state index contributed by atoms with van der Waals surface area (Å²) in [6.45, 7) is 2.96. The van der Waals surface area contributed by atoms with Gasteiger partial charge in [-0.25, -0.2) is 4.79 Å². The van der Waals surface area contributed by atoms with Gasteiger partial charge in [0.15, 0.2) is 0 Å². The molecule has 1 rings (SSSR count). The lowest BCUT2D eigenvalue weighted by Crippen LogP contribution is -2.08. The van der Waals surface area contributed by atoms with Gasteiger partial charge in [0.1, 0.15) is 17.4 Å². The Kier molecular flexibility index (Phi) is 5.96. The smallest absolute Gasteiger partial charge is 0.332 e. The fourth-order valence-electron chi connectivity index (χ4n) is 1.57. The van der Waals surface area contributed by atoms with Crippen molar-refractivity contribution in [2.75, 3.05) is 14.2 Å². The van der Waals surface area contributed by atoms with Crippen LogP contribution in [0.1, 0.15) is 19.4 Å². The van der Waals surface area contributed by atoms with Crippen LogP contribution in [-0.4, -0.2) is 26.1 Å². The first kappa shape index (κ1) is 16.2. The van der Waals surface area contributed by atoms with Gasteiger partial charge >= 0.3 is 5.97 Å². The van der Waals surface area contributed by atoms with Crippen molar-refractivity contribution in [2.45, 2.75) is 13.8 Å². The second-order valence-corrected chi connectivity index (χ2v) is 4.02. The number of carbonyl (C=O) groups is 1. The number of nitriles is 1. The molecule has 0 saturated heterocycles. The Labute approximate surface area is 123 Å². The number of hydrogen-bond acceptors (Lipinski definition) is 6. The lowest BCUT2D eigenvalue weighted by molar-refractivity contribution is -0.141. The molecule has 0 aliphatic heterocycles. The van der Waals surface area contributed by atoms with Gasteiger partial charge in [-0.3, -0.25) is 0 Å². The molecule has 110 valence electrons. The lowest BCUT2D eigenvalue weighted by atomic mass is 10.0. The minimum absolute atomic E-state index is 0.0546. The van der Waals surface area contributed by atoms with Crippen LogP contribution < -0.4 is 4.74 Å². The summed E-state index contributed by atoms with van der Waals surface area (Å²) in [7, 11) is 2.92. The fraction of sp³-hybridized carbons (Fsp3) is 0.267. The number of hydrogen-bond donors (Lipinski definition) is 0. The molecule has 0 saturated carbocycles. The maximum atomic E-state index is 10.8. The quantitative estimate of drug-likeness (QED) is 0.279. The molecule has 0 fully saturated rings. The third-order valence-electron chi connectivity index (χ3n) is 2.67. The Morgan fingerprint density at radius 1 is 1.19 bits per heavy atom. The third-order valence-corrected chi connectivity index (χ3v) is 2.67. The summed E-state index contributed by atoms with van der Waals surface area (Å²) in [5, 5.41) is 12.8. The first-order chi connectivity index (χ1) is 10.0. The molecule has 0 spiro atoms. The van der Waals surface area contributed by atoms with E-state index in [-0.39, 0.29) is 11.5 Å². The SMILES string of the molecule is COC(=NOC(C)=O)C(C#N)=C(C)c1ccc(OC)cc1. The predicted molar refractivity (Wildman–Crippen MR) is 77.4 cm³/mol. The van der Waals surface area contributed by atoms with Crippen molar-refractivity contribution in [1.82, 2.24) is 0 Å². The van der Waals surface area contributed by atoms with Gasteiger partial charge in [0.25, 0.3) is 5.90 Å². The number of rotatable bonds is 4. The van der Waals surface area contributed by atoms with Crippen molar-refractivity contribution < 1.29 is 19.1 Å². The lowest BCUT2D eigenvalue weighted by Gasteiger charge is -2.08. The molecular weight excluding hydrogens is 272 g/mol. The molecule has 6 nitrogen and oxygen atoms in total. The van der Waals surface area contributed by atoms with Crippen LogP contribution in [0.5, 0.6) is 5.75 Å². The van der Waals surface area contributed by atoms with Gasteiger partial charge in [-0.2, -0.15) is 5.26 Å². The van der Waals surface area contributed by atoms with Crippen LogP contribution in [0.3, 0.4) is 0 Å². The van der Waals surface area contributed by atoms with Gasteiger partial charge in [0.2, 0.25) is 0 Å². The molecule has 0 bridgehead atoms. The highest BCUT2D eigenvalue weighted by molar-refractivity contribution is 6.04. The van der Waals surface area contributed by atoms with Crippen LogP contribution >= 0.6 is 0 Å². The standard InChI is InChI=1S/C15H16N2O4/c1-10(12-5-7-13(19-3)8-6-12)14(9-16)15(20-4)17-21-11(2)18/h5-8H,1-4H3. The molecule has 1 aromatic carbocycles. The number of benzene rings is 1. The van der Waals surface area contributed by atoms with Crippen molar-refractivity contribution in [3.8, 4) is 11.8 Å². The van der Waals surface area contributed by atoms with Crippen molar-refractivity contribution in [3.05, 3.63) is 35.4 Å². The average molecular weight is 288 g/mol. The fourth-order valence-corrected chi connectivity index (χ4v) is 1.57. The van der Waals surface area contributed by atoms with Crippen molar-refractivity contribution in [1.29, 1.82) is 5.26 Å². The van der Waals surface area contributed by atoms with Gasteiger partial charge in [-0.1, -0.05) is 12.1 Å². The summed E-state index contributed by atoms with van der Waals surface area (Å²) < 4.78 is 10.1. The zero-order chi connectivity index (χ0) is 15.8. The van der Waals surface area contributed by atoms with E-state index < -0.39 is 5.97 Å². The zero-order valence-corrected chi connectivity index (χ0v) is 12.3. The average Bonchev–Trinajstić information content (AvgIpc) is 2.50. The highest BCUT2D eigenvalue weighted by Gasteiger charge is 2.14. The van der Waals surface area contributed by atoms with Crippen LogP contribution in [0.2, 0.25) is 0 Å². The number of allylic oxidation sites excluding steroid dienone is 1. The van der Waals surface area contributed by atoms with Crippen LogP contribution in [0.15, 0.2) is 35.0 Å². The Hall–Kier alpha value is -2.81. The highest BCUT2D eigenvalue weighted by Crippen LogP contribution is 2.22. The molecule has 0 amide bonds. The van der Waals surface area contributed by atoms with E-state index in [1.807, 2.05) is 18.2 Å². The molecule has 21 heavy (non-hydrogen) atoms. The van der Waals surface area contributed by atoms with E-state index in [1.165, 1.54) is 14.0 Å². The molecule has 1 aromatic rings. The van der Waals surface area contributed by atoms with E-state index in [9.17, 15) is 10.1 Å². The van der Waals surface area contributed by atoms with Crippen LogP contribution in [0.25, 0.3) is 5.57 Å². The molecule has 0 radical (unpaired) electrons. The van der Waals surface area contributed by atoms with Crippen molar-refractivity contribution in [2.24, 2.45) is 5.16 Å². The Bertz CT molecular complexity index is 610. The first-order valence-corrected chi connectivity index (χ1v) is 6.08. The third kappa shape index (κ3) is 4.35. The summed E-state index contributed by atoms with van der Waals surface area (Å²) in [5.41, 5.74) is 1.64. The maximum Gasteiger partial charge on any atom is 0.332 e. The van der Waals surface area contributed by atoms with E-state index in [1.54, 1.807) is 26.2 Å². The number of oxime groups is 1. The minimum Gasteiger partial charge on any atom is -0.497 e. The Balaban J connectivity index is 3.22. The molecular formula is C15H16N2O4. The molecule has 0 aromatic heterocycles. The topological polar surface area (TPSA) is 80.9 Å².